The number of imidazole rings is 1. The second kappa shape index (κ2) is 8.75. The number of hydrogen-bond acceptors (Lipinski definition) is 5. The Labute approximate surface area is 187 Å². The summed E-state index contributed by atoms with van der Waals surface area (Å²) in [6.45, 7) is 1.48. The molecule has 4 aromatic rings. The van der Waals surface area contributed by atoms with Crippen molar-refractivity contribution >= 4 is 51.8 Å². The van der Waals surface area contributed by atoms with Crippen molar-refractivity contribution in [2.24, 2.45) is 0 Å². The topological polar surface area (TPSA) is 97.0 Å². The highest BCUT2D eigenvalue weighted by molar-refractivity contribution is 6.36. The molecule has 0 saturated carbocycles. The highest BCUT2D eigenvalue weighted by Crippen LogP contribution is 2.26. The van der Waals surface area contributed by atoms with Gasteiger partial charge in [-0.1, -0.05) is 23.2 Å². The standard InChI is InChI=1S/C22H16Cl2N4O3/c1-12(21(29)28-17-7-5-15(23)10-16(17)24)31-22(30)13-4-6-18-19(9-13)27-20(26-18)14-3-2-8-25-11-14/h2-12H,1H3,(H,26,27)(H,28,29). The molecular weight excluding hydrogens is 439 g/mol. The van der Waals surface area contributed by atoms with Crippen LogP contribution in [-0.4, -0.2) is 32.9 Å². The smallest absolute Gasteiger partial charge is 0.338 e. The predicted molar refractivity (Wildman–Crippen MR) is 119 cm³/mol. The number of aromatic amines is 1. The predicted octanol–water partition coefficient (Wildman–Crippen LogP) is 5.12. The van der Waals surface area contributed by atoms with E-state index < -0.39 is 18.0 Å². The van der Waals surface area contributed by atoms with Gasteiger partial charge in [0.25, 0.3) is 5.91 Å². The molecule has 0 bridgehead atoms. The molecule has 156 valence electrons. The number of fused-ring (bicyclic) bond motifs is 1. The number of esters is 1. The van der Waals surface area contributed by atoms with Crippen molar-refractivity contribution in [1.82, 2.24) is 15.0 Å². The molecule has 0 aliphatic carbocycles. The van der Waals surface area contributed by atoms with Gasteiger partial charge in [0, 0.05) is 23.0 Å². The number of amides is 1. The van der Waals surface area contributed by atoms with Crippen LogP contribution in [0.5, 0.6) is 0 Å². The van der Waals surface area contributed by atoms with E-state index >= 15 is 0 Å². The summed E-state index contributed by atoms with van der Waals surface area (Å²) in [6, 6.07) is 13.3. The molecule has 0 aliphatic heterocycles. The molecule has 2 heterocycles. The zero-order chi connectivity index (χ0) is 22.0. The van der Waals surface area contributed by atoms with E-state index in [1.54, 1.807) is 42.7 Å². The van der Waals surface area contributed by atoms with Gasteiger partial charge < -0.3 is 15.0 Å². The number of ether oxygens (including phenoxy) is 1. The van der Waals surface area contributed by atoms with Crippen LogP contribution in [0.2, 0.25) is 10.0 Å². The first-order valence-electron chi connectivity index (χ1n) is 9.28. The number of carbonyl (C=O) groups excluding carboxylic acids is 2. The van der Waals surface area contributed by atoms with E-state index in [0.717, 1.165) is 5.56 Å². The van der Waals surface area contributed by atoms with Crippen LogP contribution in [-0.2, 0) is 9.53 Å². The number of anilines is 1. The van der Waals surface area contributed by atoms with E-state index in [9.17, 15) is 9.59 Å². The normalized spacial score (nSPS) is 11.8. The monoisotopic (exact) mass is 454 g/mol. The van der Waals surface area contributed by atoms with Crippen LogP contribution in [0.15, 0.2) is 60.9 Å². The van der Waals surface area contributed by atoms with Crippen molar-refractivity contribution in [1.29, 1.82) is 0 Å². The third-order valence-electron chi connectivity index (χ3n) is 4.49. The lowest BCUT2D eigenvalue weighted by atomic mass is 10.2. The SMILES string of the molecule is CC(OC(=O)c1ccc2nc(-c3cccnc3)[nH]c2c1)C(=O)Nc1ccc(Cl)cc1Cl. The largest absolute Gasteiger partial charge is 0.449 e. The number of halogens is 2. The fourth-order valence-corrected chi connectivity index (χ4v) is 3.34. The van der Waals surface area contributed by atoms with Crippen molar-refractivity contribution in [3.63, 3.8) is 0 Å². The van der Waals surface area contributed by atoms with Crippen molar-refractivity contribution < 1.29 is 14.3 Å². The fourth-order valence-electron chi connectivity index (χ4n) is 2.88. The first-order chi connectivity index (χ1) is 14.9. The van der Waals surface area contributed by atoms with Gasteiger partial charge >= 0.3 is 5.97 Å². The number of nitrogens with zero attached hydrogens (tertiary/aromatic N) is 2. The van der Waals surface area contributed by atoms with Crippen molar-refractivity contribution in [2.45, 2.75) is 13.0 Å². The molecule has 2 aromatic carbocycles. The number of rotatable bonds is 5. The Hall–Kier alpha value is -3.42. The van der Waals surface area contributed by atoms with Crippen molar-refractivity contribution in [2.75, 3.05) is 5.32 Å². The zero-order valence-electron chi connectivity index (χ0n) is 16.2. The van der Waals surface area contributed by atoms with Crippen LogP contribution >= 0.6 is 23.2 Å². The van der Waals surface area contributed by atoms with Crippen LogP contribution in [0.25, 0.3) is 22.4 Å². The van der Waals surface area contributed by atoms with Gasteiger partial charge in [-0.15, -0.1) is 0 Å². The molecule has 0 aliphatic rings. The summed E-state index contributed by atoms with van der Waals surface area (Å²) in [5.74, 6) is -0.510. The van der Waals surface area contributed by atoms with Gasteiger partial charge in [-0.3, -0.25) is 9.78 Å². The Kier molecular flexibility index (Phi) is 5.88. The summed E-state index contributed by atoms with van der Waals surface area (Å²) in [7, 11) is 0. The van der Waals surface area contributed by atoms with Gasteiger partial charge in [-0.2, -0.15) is 0 Å². The number of carbonyl (C=O) groups is 2. The maximum Gasteiger partial charge on any atom is 0.338 e. The van der Waals surface area contributed by atoms with Gasteiger partial charge in [-0.25, -0.2) is 9.78 Å². The molecular formula is C22H16Cl2N4O3. The van der Waals surface area contributed by atoms with Crippen molar-refractivity contribution in [3.05, 3.63) is 76.5 Å². The highest BCUT2D eigenvalue weighted by atomic mass is 35.5. The number of H-pyrrole nitrogens is 1. The molecule has 9 heteroatoms. The molecule has 0 fully saturated rings. The molecule has 4 rings (SSSR count). The number of hydrogen-bond donors (Lipinski definition) is 2. The molecule has 0 spiro atoms. The molecule has 1 unspecified atom stereocenters. The minimum Gasteiger partial charge on any atom is -0.449 e. The summed E-state index contributed by atoms with van der Waals surface area (Å²) < 4.78 is 5.31. The second-order valence-corrected chi connectivity index (χ2v) is 7.56. The lowest BCUT2D eigenvalue weighted by Crippen LogP contribution is -2.30. The average Bonchev–Trinajstić information content (AvgIpc) is 3.19. The van der Waals surface area contributed by atoms with E-state index in [0.29, 0.717) is 27.6 Å². The van der Waals surface area contributed by atoms with Gasteiger partial charge in [0.1, 0.15) is 5.82 Å². The molecule has 0 saturated heterocycles. The van der Waals surface area contributed by atoms with E-state index in [4.69, 9.17) is 27.9 Å². The summed E-state index contributed by atoms with van der Waals surface area (Å²) in [6.07, 6.45) is 2.33. The zero-order valence-corrected chi connectivity index (χ0v) is 17.7. The van der Waals surface area contributed by atoms with Gasteiger partial charge in [0.15, 0.2) is 6.10 Å². The summed E-state index contributed by atoms with van der Waals surface area (Å²) in [5.41, 5.74) is 2.85. The number of nitrogens with one attached hydrogen (secondary N) is 2. The van der Waals surface area contributed by atoms with E-state index in [2.05, 4.69) is 20.3 Å². The molecule has 2 aromatic heterocycles. The second-order valence-electron chi connectivity index (χ2n) is 6.72. The van der Waals surface area contributed by atoms with E-state index in [1.807, 2.05) is 12.1 Å². The lowest BCUT2D eigenvalue weighted by molar-refractivity contribution is -0.123. The highest BCUT2D eigenvalue weighted by Gasteiger charge is 2.20. The molecule has 1 atom stereocenters. The maximum absolute atomic E-state index is 12.6. The van der Waals surface area contributed by atoms with Gasteiger partial charge in [0.2, 0.25) is 0 Å². The van der Waals surface area contributed by atoms with Crippen LogP contribution in [0.1, 0.15) is 17.3 Å². The Balaban J connectivity index is 1.46. The minimum atomic E-state index is -1.04. The lowest BCUT2D eigenvalue weighted by Gasteiger charge is -2.14. The Morgan fingerprint density at radius 2 is 1.97 bits per heavy atom. The average molecular weight is 455 g/mol. The molecule has 0 radical (unpaired) electrons. The Bertz CT molecular complexity index is 1270. The first kappa shape index (κ1) is 20.8. The van der Waals surface area contributed by atoms with Crippen LogP contribution in [0, 0.1) is 0 Å². The van der Waals surface area contributed by atoms with Gasteiger partial charge in [0.05, 0.1) is 27.3 Å². The van der Waals surface area contributed by atoms with Gasteiger partial charge in [-0.05, 0) is 55.5 Å². The minimum absolute atomic E-state index is 0.286. The fraction of sp³-hybridized carbons (Fsp3) is 0.0909. The summed E-state index contributed by atoms with van der Waals surface area (Å²) in [4.78, 5) is 36.7. The third kappa shape index (κ3) is 4.68. The van der Waals surface area contributed by atoms with E-state index in [-0.39, 0.29) is 10.6 Å². The molecule has 7 nitrogen and oxygen atoms in total. The van der Waals surface area contributed by atoms with Crippen molar-refractivity contribution in [3.8, 4) is 11.4 Å². The molecule has 31 heavy (non-hydrogen) atoms. The van der Waals surface area contributed by atoms with Crippen LogP contribution < -0.4 is 5.32 Å². The Morgan fingerprint density at radius 3 is 2.71 bits per heavy atom. The number of aromatic nitrogens is 3. The quantitative estimate of drug-likeness (QED) is 0.408. The van der Waals surface area contributed by atoms with Crippen LogP contribution in [0.3, 0.4) is 0 Å². The first-order valence-corrected chi connectivity index (χ1v) is 10.0. The number of pyridine rings is 1. The number of benzene rings is 2. The summed E-state index contributed by atoms with van der Waals surface area (Å²) >= 11 is 11.9. The maximum atomic E-state index is 12.6. The summed E-state index contributed by atoms with van der Waals surface area (Å²) in [5, 5.41) is 3.35. The van der Waals surface area contributed by atoms with Crippen LogP contribution in [0.4, 0.5) is 5.69 Å². The molecule has 1 amide bonds. The third-order valence-corrected chi connectivity index (χ3v) is 5.04. The molecule has 2 N–H and O–H groups in total. The Morgan fingerprint density at radius 1 is 1.13 bits per heavy atom. The van der Waals surface area contributed by atoms with E-state index in [1.165, 1.54) is 13.0 Å².